The van der Waals surface area contributed by atoms with Gasteiger partial charge in [-0.15, -0.1) is 11.8 Å². The quantitative estimate of drug-likeness (QED) is 0.844. The van der Waals surface area contributed by atoms with Crippen molar-refractivity contribution in [2.75, 3.05) is 0 Å². The number of carboxylic acids is 1. The highest BCUT2D eigenvalue weighted by molar-refractivity contribution is 8.00. The van der Waals surface area contributed by atoms with Gasteiger partial charge in [0.05, 0.1) is 4.90 Å². The highest BCUT2D eigenvalue weighted by Gasteiger charge is 2.26. The molecule has 1 aromatic carbocycles. The molecule has 0 spiro atoms. The van der Waals surface area contributed by atoms with Gasteiger partial charge < -0.3 is 5.11 Å². The van der Waals surface area contributed by atoms with Gasteiger partial charge in [0.1, 0.15) is 5.25 Å². The average molecular weight is 296 g/mol. The summed E-state index contributed by atoms with van der Waals surface area (Å²) in [5.74, 6) is -4.47. The fourth-order valence-electron chi connectivity index (χ4n) is 1.07. The molecule has 0 saturated carbocycles. The average Bonchev–Trinajstić information content (AvgIpc) is 2.29. The summed E-state index contributed by atoms with van der Waals surface area (Å²) in [4.78, 5) is 10.6. The molecule has 8 heteroatoms. The number of carboxylic acid groups (broad SMARTS) is 1. The molecule has 0 radical (unpaired) electrons. The number of hydrogen-bond acceptors (Lipinski definition) is 4. The normalized spacial score (nSPS) is 13.6. The van der Waals surface area contributed by atoms with E-state index in [0.717, 1.165) is 23.9 Å². The van der Waals surface area contributed by atoms with Crippen molar-refractivity contribution >= 4 is 27.6 Å². The zero-order chi connectivity index (χ0) is 13.9. The van der Waals surface area contributed by atoms with Crippen LogP contribution in [0.3, 0.4) is 0 Å². The van der Waals surface area contributed by atoms with Crippen molar-refractivity contribution in [3.8, 4) is 0 Å². The molecule has 0 aliphatic carbocycles. The molecule has 0 saturated heterocycles. The zero-order valence-electron chi connectivity index (χ0n) is 9.21. The maximum atomic E-state index is 12.2. The number of carbonyl (C=O) groups is 1. The van der Waals surface area contributed by atoms with Crippen molar-refractivity contribution in [3.05, 3.63) is 24.3 Å². The third kappa shape index (κ3) is 3.42. The van der Waals surface area contributed by atoms with Crippen LogP contribution in [0.2, 0.25) is 0 Å². The molecule has 0 heterocycles. The predicted octanol–water partition coefficient (Wildman–Crippen LogP) is 2.25. The standard InChI is InChI=1S/C10H10F2O4S2/c1-6(9(13)14)17-7-2-4-8(5-3-7)18(15,16)10(11)12/h2-6,10H,1H3,(H,13,14). The maximum Gasteiger partial charge on any atom is 0.341 e. The monoisotopic (exact) mass is 296 g/mol. The summed E-state index contributed by atoms with van der Waals surface area (Å²) in [6.07, 6.45) is 0. The van der Waals surface area contributed by atoms with Gasteiger partial charge in [-0.25, -0.2) is 8.42 Å². The van der Waals surface area contributed by atoms with Gasteiger partial charge >= 0.3 is 11.7 Å². The number of sulfone groups is 1. The van der Waals surface area contributed by atoms with Crippen molar-refractivity contribution in [1.82, 2.24) is 0 Å². The van der Waals surface area contributed by atoms with Crippen LogP contribution in [0.4, 0.5) is 8.78 Å². The minimum absolute atomic E-state index is 0.482. The van der Waals surface area contributed by atoms with Crippen LogP contribution in [0.5, 0.6) is 0 Å². The summed E-state index contributed by atoms with van der Waals surface area (Å²) >= 11 is 0.998. The Kier molecular flexibility index (Phi) is 4.69. The number of halogens is 2. The Balaban J connectivity index is 2.91. The lowest BCUT2D eigenvalue weighted by Crippen LogP contribution is -2.12. The molecule has 100 valence electrons. The van der Waals surface area contributed by atoms with Crippen LogP contribution in [-0.2, 0) is 14.6 Å². The SMILES string of the molecule is CC(Sc1ccc(S(=O)(=O)C(F)F)cc1)C(=O)O. The van der Waals surface area contributed by atoms with E-state index >= 15 is 0 Å². The number of alkyl halides is 2. The Bertz CT molecular complexity index is 525. The largest absolute Gasteiger partial charge is 0.480 e. The van der Waals surface area contributed by atoms with E-state index in [0.29, 0.717) is 4.90 Å². The first-order valence-electron chi connectivity index (χ1n) is 4.76. The first-order chi connectivity index (χ1) is 8.25. The molecule has 1 atom stereocenters. The fraction of sp³-hybridized carbons (Fsp3) is 0.300. The number of hydrogen-bond donors (Lipinski definition) is 1. The van der Waals surface area contributed by atoms with E-state index in [1.165, 1.54) is 19.1 Å². The molecule has 18 heavy (non-hydrogen) atoms. The second kappa shape index (κ2) is 5.66. The van der Waals surface area contributed by atoms with Crippen LogP contribution in [0, 0.1) is 0 Å². The predicted molar refractivity (Wildman–Crippen MR) is 62.6 cm³/mol. The van der Waals surface area contributed by atoms with Crippen LogP contribution in [0.25, 0.3) is 0 Å². The van der Waals surface area contributed by atoms with Crippen molar-refractivity contribution < 1.29 is 27.1 Å². The number of rotatable bonds is 5. The molecule has 0 aromatic heterocycles. The van der Waals surface area contributed by atoms with Gasteiger partial charge in [-0.05, 0) is 31.2 Å². The third-order valence-corrected chi connectivity index (χ3v) is 4.55. The van der Waals surface area contributed by atoms with E-state index in [2.05, 4.69) is 0 Å². The summed E-state index contributed by atoms with van der Waals surface area (Å²) in [5.41, 5.74) is 0. The van der Waals surface area contributed by atoms with Gasteiger partial charge in [0.25, 0.3) is 0 Å². The maximum absolute atomic E-state index is 12.2. The molecule has 0 aliphatic heterocycles. The molecular weight excluding hydrogens is 286 g/mol. The molecule has 0 bridgehead atoms. The molecule has 1 aromatic rings. The van der Waals surface area contributed by atoms with Gasteiger partial charge in [0.2, 0.25) is 9.84 Å². The second-order valence-corrected chi connectivity index (χ2v) is 6.71. The van der Waals surface area contributed by atoms with Crippen LogP contribution < -0.4 is 0 Å². The Morgan fingerprint density at radius 2 is 1.78 bits per heavy atom. The summed E-state index contributed by atoms with van der Waals surface area (Å²) in [7, 11) is -4.60. The van der Waals surface area contributed by atoms with Gasteiger partial charge in [-0.1, -0.05) is 0 Å². The number of benzene rings is 1. The van der Waals surface area contributed by atoms with E-state index < -0.39 is 31.7 Å². The first kappa shape index (κ1) is 14.9. The first-order valence-corrected chi connectivity index (χ1v) is 7.19. The van der Waals surface area contributed by atoms with Gasteiger partial charge in [0.15, 0.2) is 0 Å². The number of aliphatic carboxylic acids is 1. The highest BCUT2D eigenvalue weighted by Crippen LogP contribution is 2.26. The van der Waals surface area contributed by atoms with E-state index in [9.17, 15) is 22.0 Å². The topological polar surface area (TPSA) is 71.4 Å². The molecule has 0 aliphatic rings. The van der Waals surface area contributed by atoms with Crippen LogP contribution in [0.1, 0.15) is 6.92 Å². The summed E-state index contributed by atoms with van der Waals surface area (Å²) in [6.45, 7) is 1.47. The Morgan fingerprint density at radius 3 is 2.17 bits per heavy atom. The minimum Gasteiger partial charge on any atom is -0.480 e. The van der Waals surface area contributed by atoms with E-state index in [1.54, 1.807) is 0 Å². The zero-order valence-corrected chi connectivity index (χ0v) is 10.8. The van der Waals surface area contributed by atoms with Crippen molar-refractivity contribution in [2.45, 2.75) is 27.7 Å². The third-order valence-electron chi connectivity index (χ3n) is 2.05. The van der Waals surface area contributed by atoms with Crippen LogP contribution >= 0.6 is 11.8 Å². The van der Waals surface area contributed by atoms with Crippen LogP contribution in [-0.4, -0.2) is 30.5 Å². The van der Waals surface area contributed by atoms with Crippen LogP contribution in [0.15, 0.2) is 34.1 Å². The summed E-state index contributed by atoms with van der Waals surface area (Å²) in [5, 5.41) is 7.98. The lowest BCUT2D eigenvalue weighted by Gasteiger charge is -2.07. The molecular formula is C10H10F2O4S2. The van der Waals surface area contributed by atoms with E-state index in [4.69, 9.17) is 5.11 Å². The van der Waals surface area contributed by atoms with Crippen molar-refractivity contribution in [3.63, 3.8) is 0 Å². The second-order valence-electron chi connectivity index (χ2n) is 3.38. The molecule has 1 rings (SSSR count). The molecule has 1 unspecified atom stereocenters. The van der Waals surface area contributed by atoms with Gasteiger partial charge in [-0.3, -0.25) is 4.79 Å². The molecule has 1 N–H and O–H groups in total. The molecule has 0 amide bonds. The lowest BCUT2D eigenvalue weighted by atomic mass is 10.4. The Hall–Kier alpha value is -1.15. The fourth-order valence-corrected chi connectivity index (χ4v) is 2.59. The Morgan fingerprint density at radius 1 is 1.28 bits per heavy atom. The lowest BCUT2D eigenvalue weighted by molar-refractivity contribution is -0.136. The molecule has 4 nitrogen and oxygen atoms in total. The smallest absolute Gasteiger partial charge is 0.341 e. The summed E-state index contributed by atoms with van der Waals surface area (Å²) < 4.78 is 46.7. The van der Waals surface area contributed by atoms with E-state index in [-0.39, 0.29) is 0 Å². The number of thioether (sulfide) groups is 1. The highest BCUT2D eigenvalue weighted by atomic mass is 32.2. The van der Waals surface area contributed by atoms with Gasteiger partial charge in [0, 0.05) is 4.90 Å². The van der Waals surface area contributed by atoms with Crippen molar-refractivity contribution in [2.24, 2.45) is 0 Å². The Labute approximate surface area is 107 Å². The minimum atomic E-state index is -4.60. The summed E-state index contributed by atoms with van der Waals surface area (Å²) in [6, 6.07) is 4.69. The van der Waals surface area contributed by atoms with E-state index in [1.807, 2.05) is 0 Å². The molecule has 0 fully saturated rings. The van der Waals surface area contributed by atoms with Gasteiger partial charge in [-0.2, -0.15) is 8.78 Å². The van der Waals surface area contributed by atoms with Crippen molar-refractivity contribution in [1.29, 1.82) is 0 Å².